The monoisotopic (exact) mass is 114 g/mol. The van der Waals surface area contributed by atoms with E-state index in [0.717, 1.165) is 0 Å². The lowest BCUT2D eigenvalue weighted by atomic mass is 13.9. The third-order valence-electron chi connectivity index (χ3n) is 0. The van der Waals surface area contributed by atoms with Gasteiger partial charge < -0.3 is 15.9 Å². The second-order valence-electron chi connectivity index (χ2n) is 0.564. The van der Waals surface area contributed by atoms with Crippen LogP contribution in [0, 0.1) is 0 Å². The summed E-state index contributed by atoms with van der Waals surface area (Å²) in [5, 5.41) is 0. The van der Waals surface area contributed by atoms with Crippen molar-refractivity contribution in [2.75, 3.05) is 0 Å². The van der Waals surface area contributed by atoms with Crippen molar-refractivity contribution in [1.82, 2.24) is 6.15 Å². The predicted molar refractivity (Wildman–Crippen MR) is 20.0 cm³/mol. The predicted octanol–water partition coefficient (Wildman–Crippen LogP) is -1.22. The van der Waals surface area contributed by atoms with Crippen molar-refractivity contribution in [2.45, 2.75) is 0 Å². The molecule has 0 fully saturated rings. The summed E-state index contributed by atoms with van der Waals surface area (Å²) in [5.74, 6) is 0. The molecule has 40 valence electrons. The van der Waals surface area contributed by atoms with Gasteiger partial charge in [-0.05, 0) is 0 Å². The van der Waals surface area contributed by atoms with Crippen LogP contribution in [0.2, 0.25) is 0 Å². The lowest BCUT2D eigenvalue weighted by Gasteiger charge is -2.03. The zero-order chi connectivity index (χ0) is 4.50. The van der Waals surface area contributed by atoms with E-state index in [-0.39, 0.29) is 6.15 Å². The Kier molecular flexibility index (Phi) is 3.58. The molecule has 6 heavy (non-hydrogen) atoms. The van der Waals surface area contributed by atoms with Gasteiger partial charge in [0.15, 0.2) is 7.75 Å². The largest absolute Gasteiger partial charge is 0.766 e. The van der Waals surface area contributed by atoms with Gasteiger partial charge in [0.2, 0.25) is 0 Å². The highest BCUT2D eigenvalue weighted by molar-refractivity contribution is 7.47. The molecule has 0 heterocycles. The van der Waals surface area contributed by atoms with Crippen molar-refractivity contribution in [3.05, 3.63) is 0 Å². The summed E-state index contributed by atoms with van der Waals surface area (Å²) in [5.41, 5.74) is 3.91. The summed E-state index contributed by atoms with van der Waals surface area (Å²) in [6.45, 7) is 0. The minimum Gasteiger partial charge on any atom is -0.766 e. The zero-order valence-electron chi connectivity index (χ0n) is 3.29. The molecule has 7 N–H and O–H groups in total. The van der Waals surface area contributed by atoms with Crippen LogP contribution in [-0.4, -0.2) is 4.89 Å². The van der Waals surface area contributed by atoms with Crippen LogP contribution in [0.15, 0.2) is 0 Å². The Bertz CT molecular complexity index is 54.9. The van der Waals surface area contributed by atoms with Gasteiger partial charge >= 0.3 is 0 Å². The first-order chi connectivity index (χ1) is 2.00. The summed E-state index contributed by atoms with van der Waals surface area (Å²) in [6, 6.07) is 0. The Balaban J connectivity index is 0. The van der Waals surface area contributed by atoms with E-state index in [1.807, 2.05) is 0 Å². The molecule has 0 spiro atoms. The van der Waals surface area contributed by atoms with Crippen molar-refractivity contribution < 1.29 is 14.4 Å². The minimum atomic E-state index is -4.39. The molecule has 0 aromatic carbocycles. The SMILES string of the molecule is NP(=O)([O-])O.[NH4+]. The smallest absolute Gasteiger partial charge is 0.199 e. The Hall–Kier alpha value is 0.0700. The van der Waals surface area contributed by atoms with Crippen molar-refractivity contribution in [1.29, 1.82) is 0 Å². The molecule has 0 aromatic rings. The van der Waals surface area contributed by atoms with Crippen molar-refractivity contribution in [3.8, 4) is 0 Å². The zero-order valence-corrected chi connectivity index (χ0v) is 4.18. The molecular weight excluding hydrogens is 107 g/mol. The molecule has 0 saturated carbocycles. The Morgan fingerprint density at radius 2 is 1.83 bits per heavy atom. The Morgan fingerprint density at radius 3 is 1.83 bits per heavy atom. The van der Waals surface area contributed by atoms with Crippen LogP contribution >= 0.6 is 7.75 Å². The van der Waals surface area contributed by atoms with Crippen LogP contribution in [0.25, 0.3) is 0 Å². The molecule has 0 aliphatic rings. The summed E-state index contributed by atoms with van der Waals surface area (Å²) in [6.07, 6.45) is 0. The van der Waals surface area contributed by atoms with Crippen molar-refractivity contribution in [2.24, 2.45) is 5.50 Å². The highest BCUT2D eigenvalue weighted by atomic mass is 31.2. The van der Waals surface area contributed by atoms with Gasteiger partial charge in [0, 0.05) is 0 Å². The van der Waals surface area contributed by atoms with Crippen LogP contribution in [0.3, 0.4) is 0 Å². The molecule has 0 radical (unpaired) electrons. The summed E-state index contributed by atoms with van der Waals surface area (Å²) < 4.78 is 8.99. The standard InChI is InChI=1S/H4NO3P.H3N/c1-5(2,3)4;/h(H4,1,2,3,4);1H3. The highest BCUT2D eigenvalue weighted by Crippen LogP contribution is 2.12. The maximum Gasteiger partial charge on any atom is 0.199 e. The highest BCUT2D eigenvalue weighted by Gasteiger charge is 1.79. The van der Waals surface area contributed by atoms with Gasteiger partial charge in [-0.25, -0.2) is 0 Å². The summed E-state index contributed by atoms with van der Waals surface area (Å²) in [4.78, 5) is 16.3. The molecule has 0 saturated heterocycles. The Morgan fingerprint density at radius 1 is 1.83 bits per heavy atom. The summed E-state index contributed by atoms with van der Waals surface area (Å²) >= 11 is 0. The number of nitrogens with two attached hydrogens (primary N) is 1. The van der Waals surface area contributed by atoms with E-state index >= 15 is 0 Å². The lowest BCUT2D eigenvalue weighted by Crippen LogP contribution is -2.06. The molecule has 0 rings (SSSR count). The fourth-order valence-corrected chi connectivity index (χ4v) is 0. The molecule has 1 atom stereocenters. The van der Waals surface area contributed by atoms with Gasteiger partial charge in [-0.3, -0.25) is 10.1 Å². The quantitative estimate of drug-likeness (QED) is 0.341. The van der Waals surface area contributed by atoms with Crippen LogP contribution in [0.1, 0.15) is 0 Å². The van der Waals surface area contributed by atoms with Crippen LogP contribution in [0.5, 0.6) is 0 Å². The molecule has 5 nitrogen and oxygen atoms in total. The first-order valence-corrected chi connectivity index (χ1v) is 2.47. The number of rotatable bonds is 0. The third-order valence-corrected chi connectivity index (χ3v) is 0. The second kappa shape index (κ2) is 2.28. The number of hydrogen-bond acceptors (Lipinski definition) is 2. The molecular formula is H7N2O3P. The van der Waals surface area contributed by atoms with E-state index < -0.39 is 7.75 Å². The van der Waals surface area contributed by atoms with E-state index in [1.165, 1.54) is 0 Å². The fourth-order valence-electron chi connectivity index (χ4n) is 0. The molecule has 0 aromatic heterocycles. The van der Waals surface area contributed by atoms with Crippen LogP contribution in [-0.2, 0) is 4.57 Å². The second-order valence-corrected chi connectivity index (χ2v) is 1.69. The van der Waals surface area contributed by atoms with Crippen LogP contribution < -0.4 is 16.5 Å². The van der Waals surface area contributed by atoms with Gasteiger partial charge in [0.05, 0.1) is 0 Å². The van der Waals surface area contributed by atoms with Gasteiger partial charge in [-0.2, -0.15) is 0 Å². The van der Waals surface area contributed by atoms with E-state index in [2.05, 4.69) is 5.50 Å². The average Bonchev–Trinajstić information content (AvgIpc) is 0.722. The van der Waals surface area contributed by atoms with Crippen molar-refractivity contribution >= 4 is 7.75 Å². The van der Waals surface area contributed by atoms with Gasteiger partial charge in [0.25, 0.3) is 0 Å². The third kappa shape index (κ3) is 7830. The molecule has 0 bridgehead atoms. The number of quaternary nitrogens is 1. The molecule has 1 unspecified atom stereocenters. The van der Waals surface area contributed by atoms with Gasteiger partial charge in [0.1, 0.15) is 0 Å². The maximum atomic E-state index is 8.99. The molecule has 6 heteroatoms. The normalized spacial score (nSPS) is 17.8. The molecule has 0 amide bonds. The fraction of sp³-hybridized carbons (Fsp3) is 0. The maximum absolute atomic E-state index is 8.99. The van der Waals surface area contributed by atoms with Gasteiger partial charge in [-0.15, -0.1) is 0 Å². The van der Waals surface area contributed by atoms with Crippen LogP contribution in [0.4, 0.5) is 0 Å². The van der Waals surface area contributed by atoms with E-state index in [0.29, 0.717) is 0 Å². The van der Waals surface area contributed by atoms with E-state index in [9.17, 15) is 0 Å². The van der Waals surface area contributed by atoms with Gasteiger partial charge in [-0.1, -0.05) is 0 Å². The van der Waals surface area contributed by atoms with E-state index in [1.54, 1.807) is 0 Å². The lowest BCUT2D eigenvalue weighted by molar-refractivity contribution is -0.193. The molecule has 0 aliphatic carbocycles. The minimum absolute atomic E-state index is 0. The summed E-state index contributed by atoms with van der Waals surface area (Å²) in [7, 11) is -4.39. The first-order valence-electron chi connectivity index (χ1n) is 0.823. The topological polar surface area (TPSA) is 123 Å². The number of hydrogen-bond donors (Lipinski definition) is 3. The Labute approximate surface area is 35.0 Å². The average molecular weight is 114 g/mol. The molecule has 0 aliphatic heterocycles. The first kappa shape index (κ1) is 9.42. The van der Waals surface area contributed by atoms with Crippen molar-refractivity contribution in [3.63, 3.8) is 0 Å². The van der Waals surface area contributed by atoms with E-state index in [4.69, 9.17) is 14.4 Å².